The van der Waals surface area contributed by atoms with Crippen LogP contribution in [0.2, 0.25) is 0 Å². The normalized spacial score (nSPS) is 19.2. The molecule has 1 aliphatic rings. The fourth-order valence-corrected chi connectivity index (χ4v) is 4.74. The Morgan fingerprint density at radius 1 is 1.36 bits per heavy atom. The van der Waals surface area contributed by atoms with Gasteiger partial charge >= 0.3 is 5.63 Å². The number of phenolic OH excluding ortho intramolecular Hbond substituents is 2. The zero-order valence-corrected chi connectivity index (χ0v) is 14.2. The Labute approximate surface area is 143 Å². The Bertz CT molecular complexity index is 1020. The minimum atomic E-state index is -3.12. The van der Waals surface area contributed by atoms with Gasteiger partial charge in [0.15, 0.2) is 9.84 Å². The van der Waals surface area contributed by atoms with Crippen molar-refractivity contribution in [2.75, 3.05) is 11.5 Å². The number of carbonyl (C=O) groups is 1. The summed E-state index contributed by atoms with van der Waals surface area (Å²) < 4.78 is 28.0. The fraction of sp³-hybridized carbons (Fsp3) is 0.375. The quantitative estimate of drug-likeness (QED) is 0.667. The molecular formula is C16H17NO7S. The van der Waals surface area contributed by atoms with Crippen molar-refractivity contribution in [1.82, 2.24) is 5.32 Å². The van der Waals surface area contributed by atoms with Gasteiger partial charge < -0.3 is 19.9 Å². The third-order valence-corrected chi connectivity index (χ3v) is 6.05. The summed E-state index contributed by atoms with van der Waals surface area (Å²) in [5.74, 6) is -1.08. The van der Waals surface area contributed by atoms with E-state index in [0.29, 0.717) is 12.0 Å². The van der Waals surface area contributed by atoms with E-state index in [1.165, 1.54) is 6.07 Å². The first kappa shape index (κ1) is 17.3. The Balaban J connectivity index is 1.89. The van der Waals surface area contributed by atoms with Gasteiger partial charge in [0, 0.05) is 18.2 Å². The van der Waals surface area contributed by atoms with Crippen molar-refractivity contribution in [3.8, 4) is 11.5 Å². The molecule has 2 aromatic rings. The van der Waals surface area contributed by atoms with E-state index in [9.17, 15) is 28.2 Å². The number of nitrogens with one attached hydrogen (secondary N) is 1. The molecule has 0 bridgehead atoms. The lowest BCUT2D eigenvalue weighted by Crippen LogP contribution is -2.37. The zero-order valence-electron chi connectivity index (χ0n) is 13.4. The van der Waals surface area contributed by atoms with Gasteiger partial charge in [-0.2, -0.15) is 0 Å². The molecule has 0 unspecified atom stereocenters. The van der Waals surface area contributed by atoms with Gasteiger partial charge in [-0.15, -0.1) is 0 Å². The molecule has 1 saturated heterocycles. The highest BCUT2D eigenvalue weighted by molar-refractivity contribution is 7.91. The summed E-state index contributed by atoms with van der Waals surface area (Å²) in [5.41, 5.74) is -0.278. The summed E-state index contributed by atoms with van der Waals surface area (Å²) in [6, 6.07) is 1.86. The van der Waals surface area contributed by atoms with E-state index < -0.39 is 27.4 Å². The maximum absolute atomic E-state index is 12.2. The van der Waals surface area contributed by atoms with E-state index in [4.69, 9.17) is 4.42 Å². The second-order valence-electron chi connectivity index (χ2n) is 6.18. The van der Waals surface area contributed by atoms with Crippen molar-refractivity contribution in [2.24, 2.45) is 0 Å². The Kier molecular flexibility index (Phi) is 4.19. The van der Waals surface area contributed by atoms with Crippen molar-refractivity contribution >= 4 is 26.7 Å². The van der Waals surface area contributed by atoms with Crippen LogP contribution < -0.4 is 10.9 Å². The summed E-state index contributed by atoms with van der Waals surface area (Å²) in [7, 11) is -3.12. The van der Waals surface area contributed by atoms with Crippen molar-refractivity contribution in [2.45, 2.75) is 25.8 Å². The molecule has 25 heavy (non-hydrogen) atoms. The second-order valence-corrected chi connectivity index (χ2v) is 8.40. The summed E-state index contributed by atoms with van der Waals surface area (Å²) in [6.45, 7) is 1.57. The zero-order chi connectivity index (χ0) is 18.4. The third-order valence-electron chi connectivity index (χ3n) is 4.28. The predicted octanol–water partition coefficient (Wildman–Crippen LogP) is 0.358. The highest BCUT2D eigenvalue weighted by Gasteiger charge is 2.29. The predicted molar refractivity (Wildman–Crippen MR) is 89.5 cm³/mol. The van der Waals surface area contributed by atoms with Gasteiger partial charge in [0.25, 0.3) is 0 Å². The molecule has 3 N–H and O–H groups in total. The molecule has 1 atom stereocenters. The minimum Gasteiger partial charge on any atom is -0.508 e. The topological polar surface area (TPSA) is 134 Å². The van der Waals surface area contributed by atoms with Crippen LogP contribution in [-0.4, -0.2) is 42.1 Å². The Hall–Kier alpha value is -2.55. The number of hydrogen-bond acceptors (Lipinski definition) is 7. The number of benzene rings is 1. The van der Waals surface area contributed by atoms with E-state index >= 15 is 0 Å². The highest BCUT2D eigenvalue weighted by Crippen LogP contribution is 2.32. The van der Waals surface area contributed by atoms with Crippen molar-refractivity contribution in [1.29, 1.82) is 0 Å². The largest absolute Gasteiger partial charge is 0.508 e. The molecule has 3 rings (SSSR count). The van der Waals surface area contributed by atoms with Crippen LogP contribution in [0, 0.1) is 6.92 Å². The van der Waals surface area contributed by atoms with Crippen LogP contribution in [0.1, 0.15) is 17.5 Å². The first-order chi connectivity index (χ1) is 11.7. The van der Waals surface area contributed by atoms with Crippen LogP contribution in [0.15, 0.2) is 21.3 Å². The standard InChI is InChI=1S/C16H17NO7S/c1-8-11(6-14(20)17-9-2-3-25(22,23)7-9)16(21)24-13-5-10(18)4-12(19)15(8)13/h4-5,9,18-19H,2-3,6-7H2,1H3,(H,17,20)/t9-/m0/s1. The van der Waals surface area contributed by atoms with Gasteiger partial charge in [-0.3, -0.25) is 4.79 Å². The molecule has 0 radical (unpaired) electrons. The maximum atomic E-state index is 12.2. The monoisotopic (exact) mass is 367 g/mol. The summed E-state index contributed by atoms with van der Waals surface area (Å²) >= 11 is 0. The summed E-state index contributed by atoms with van der Waals surface area (Å²) in [4.78, 5) is 24.3. The molecule has 9 heteroatoms. The molecule has 8 nitrogen and oxygen atoms in total. The SMILES string of the molecule is Cc1c(CC(=O)N[C@H]2CCS(=O)(=O)C2)c(=O)oc2cc(O)cc(O)c12. The lowest BCUT2D eigenvalue weighted by molar-refractivity contribution is -0.121. The number of carbonyl (C=O) groups excluding carboxylic acids is 1. The van der Waals surface area contributed by atoms with E-state index in [1.807, 2.05) is 0 Å². The molecular weight excluding hydrogens is 350 g/mol. The second kappa shape index (κ2) is 6.07. The van der Waals surface area contributed by atoms with Gasteiger partial charge in [-0.05, 0) is 18.9 Å². The van der Waals surface area contributed by atoms with E-state index in [2.05, 4.69) is 5.32 Å². The van der Waals surface area contributed by atoms with Gasteiger partial charge in [-0.25, -0.2) is 13.2 Å². The smallest absolute Gasteiger partial charge is 0.340 e. The molecule has 0 saturated carbocycles. The molecule has 1 aromatic carbocycles. The molecule has 0 spiro atoms. The maximum Gasteiger partial charge on any atom is 0.340 e. The van der Waals surface area contributed by atoms with Crippen LogP contribution in [0.3, 0.4) is 0 Å². The summed E-state index contributed by atoms with van der Waals surface area (Å²) in [6.07, 6.45) is 0.0560. The van der Waals surface area contributed by atoms with Crippen LogP contribution >= 0.6 is 0 Å². The number of rotatable bonds is 3. The van der Waals surface area contributed by atoms with Gasteiger partial charge in [0.1, 0.15) is 17.1 Å². The average Bonchev–Trinajstić information content (AvgIpc) is 2.81. The average molecular weight is 367 g/mol. The van der Waals surface area contributed by atoms with Crippen LogP contribution in [0.25, 0.3) is 11.0 Å². The molecule has 1 aromatic heterocycles. The number of aryl methyl sites for hydroxylation is 1. The van der Waals surface area contributed by atoms with E-state index in [1.54, 1.807) is 6.92 Å². The number of aromatic hydroxyl groups is 2. The van der Waals surface area contributed by atoms with Crippen LogP contribution in [0.4, 0.5) is 0 Å². The summed E-state index contributed by atoms with van der Waals surface area (Å²) in [5, 5.41) is 22.3. The number of phenols is 2. The van der Waals surface area contributed by atoms with Crippen molar-refractivity contribution in [3.63, 3.8) is 0 Å². The van der Waals surface area contributed by atoms with E-state index in [0.717, 1.165) is 6.07 Å². The van der Waals surface area contributed by atoms with Gasteiger partial charge in [-0.1, -0.05) is 0 Å². The molecule has 2 heterocycles. The lowest BCUT2D eigenvalue weighted by Gasteiger charge is -2.12. The molecule has 1 aliphatic heterocycles. The number of sulfone groups is 1. The Morgan fingerprint density at radius 2 is 2.08 bits per heavy atom. The molecule has 1 fully saturated rings. The van der Waals surface area contributed by atoms with Crippen molar-refractivity contribution < 1.29 is 27.8 Å². The highest BCUT2D eigenvalue weighted by atomic mass is 32.2. The number of amides is 1. The third kappa shape index (κ3) is 3.46. The lowest BCUT2D eigenvalue weighted by atomic mass is 10.0. The van der Waals surface area contributed by atoms with Crippen molar-refractivity contribution in [3.05, 3.63) is 33.7 Å². The number of fused-ring (bicyclic) bond motifs is 1. The fourth-order valence-electron chi connectivity index (χ4n) is 3.06. The van der Waals surface area contributed by atoms with Crippen LogP contribution in [-0.2, 0) is 21.1 Å². The van der Waals surface area contributed by atoms with Crippen LogP contribution in [0.5, 0.6) is 11.5 Å². The Morgan fingerprint density at radius 3 is 2.72 bits per heavy atom. The first-order valence-electron chi connectivity index (χ1n) is 7.64. The van der Waals surface area contributed by atoms with Gasteiger partial charge in [0.2, 0.25) is 5.91 Å². The first-order valence-corrected chi connectivity index (χ1v) is 9.46. The number of hydrogen-bond donors (Lipinski definition) is 3. The molecule has 0 aliphatic carbocycles. The molecule has 1 amide bonds. The van der Waals surface area contributed by atoms with Gasteiger partial charge in [0.05, 0.1) is 28.9 Å². The molecule has 134 valence electrons. The minimum absolute atomic E-state index is 0.0195. The van der Waals surface area contributed by atoms with E-state index in [-0.39, 0.29) is 46.0 Å².